The Morgan fingerprint density at radius 2 is 1.44 bits per heavy atom. The molecule has 2 radical (unpaired) electrons. The van der Waals surface area contributed by atoms with Crippen molar-refractivity contribution in [1.82, 2.24) is 0 Å². The highest BCUT2D eigenvalue weighted by molar-refractivity contribution is 5.80. The second-order valence-electron chi connectivity index (χ2n) is 8.82. The van der Waals surface area contributed by atoms with Gasteiger partial charge < -0.3 is 9.47 Å². The van der Waals surface area contributed by atoms with Crippen LogP contribution in [0.4, 0.5) is 0 Å². The number of hydrogen-bond acceptors (Lipinski definition) is 2. The molecular formula is C30H42O2. The van der Waals surface area contributed by atoms with Crippen LogP contribution in [0.5, 0.6) is 11.5 Å². The van der Waals surface area contributed by atoms with Crippen molar-refractivity contribution >= 4 is 5.57 Å². The lowest BCUT2D eigenvalue weighted by Crippen LogP contribution is -2.13. The third kappa shape index (κ3) is 8.37. The minimum absolute atomic E-state index is 0.565. The smallest absolute Gasteiger partial charge is 0.127 e. The topological polar surface area (TPSA) is 18.5 Å². The molecule has 2 aromatic rings. The van der Waals surface area contributed by atoms with E-state index in [1.807, 2.05) is 42.5 Å². The van der Waals surface area contributed by atoms with Gasteiger partial charge in [0.05, 0.1) is 13.2 Å². The van der Waals surface area contributed by atoms with E-state index in [9.17, 15) is 0 Å². The zero-order valence-electron chi connectivity index (χ0n) is 20.7. The van der Waals surface area contributed by atoms with Crippen molar-refractivity contribution in [3.63, 3.8) is 0 Å². The molecule has 0 saturated heterocycles. The Bertz CT molecular complexity index is 781. The van der Waals surface area contributed by atoms with Gasteiger partial charge in [-0.1, -0.05) is 97.1 Å². The van der Waals surface area contributed by atoms with E-state index in [0.717, 1.165) is 42.1 Å². The summed E-state index contributed by atoms with van der Waals surface area (Å²) in [7, 11) is 0. The van der Waals surface area contributed by atoms with Gasteiger partial charge in [0.1, 0.15) is 11.5 Å². The first-order valence-electron chi connectivity index (χ1n) is 12.6. The number of benzene rings is 2. The summed E-state index contributed by atoms with van der Waals surface area (Å²) in [6.07, 6.45) is 9.62. The fourth-order valence-corrected chi connectivity index (χ4v) is 3.88. The lowest BCUT2D eigenvalue weighted by molar-refractivity contribution is 0.227. The van der Waals surface area contributed by atoms with E-state index in [2.05, 4.69) is 33.8 Å². The minimum atomic E-state index is 0.565. The summed E-state index contributed by atoms with van der Waals surface area (Å²) in [5, 5.41) is 0. The quantitative estimate of drug-likeness (QED) is 0.263. The zero-order valence-corrected chi connectivity index (χ0v) is 20.7. The third-order valence-electron chi connectivity index (χ3n) is 6.32. The fourth-order valence-electron chi connectivity index (χ4n) is 3.88. The molecule has 2 atom stereocenters. The molecule has 0 aliphatic heterocycles. The van der Waals surface area contributed by atoms with Gasteiger partial charge in [0, 0.05) is 5.56 Å². The van der Waals surface area contributed by atoms with Gasteiger partial charge in [-0.25, -0.2) is 0 Å². The Balaban J connectivity index is 2.19. The molecule has 0 heterocycles. The minimum Gasteiger partial charge on any atom is -0.493 e. The normalized spacial score (nSPS) is 12.9. The molecule has 0 aromatic heterocycles. The number of rotatable bonds is 16. The Morgan fingerprint density at radius 1 is 0.844 bits per heavy atom. The van der Waals surface area contributed by atoms with Crippen molar-refractivity contribution in [2.75, 3.05) is 13.2 Å². The molecular weight excluding hydrogens is 392 g/mol. The molecule has 2 aromatic carbocycles. The molecule has 0 N–H and O–H groups in total. The summed E-state index contributed by atoms with van der Waals surface area (Å²) >= 11 is 0. The molecule has 0 amide bonds. The van der Waals surface area contributed by atoms with Crippen LogP contribution in [-0.2, 0) is 0 Å². The van der Waals surface area contributed by atoms with Crippen LogP contribution < -0.4 is 9.47 Å². The highest BCUT2D eigenvalue weighted by Crippen LogP contribution is 2.34. The molecule has 0 fully saturated rings. The van der Waals surface area contributed by atoms with Crippen molar-refractivity contribution in [3.8, 4) is 11.5 Å². The molecule has 0 saturated carbocycles. The molecule has 0 spiro atoms. The first-order chi connectivity index (χ1) is 15.6. The third-order valence-corrected chi connectivity index (χ3v) is 6.32. The van der Waals surface area contributed by atoms with E-state index in [4.69, 9.17) is 16.1 Å². The summed E-state index contributed by atoms with van der Waals surface area (Å²) in [6, 6.07) is 16.9. The molecule has 0 aliphatic carbocycles. The molecule has 32 heavy (non-hydrogen) atoms. The van der Waals surface area contributed by atoms with E-state index in [0.29, 0.717) is 24.0 Å². The largest absolute Gasteiger partial charge is 0.493 e. The van der Waals surface area contributed by atoms with Crippen LogP contribution in [0.25, 0.3) is 5.57 Å². The van der Waals surface area contributed by atoms with E-state index in [-0.39, 0.29) is 0 Å². The molecule has 2 nitrogen and oxygen atoms in total. The average Bonchev–Trinajstić information content (AvgIpc) is 2.84. The summed E-state index contributed by atoms with van der Waals surface area (Å²) in [6.45, 7) is 17.0. The number of ether oxygens (including phenoxy) is 2. The molecule has 0 bridgehead atoms. The van der Waals surface area contributed by atoms with Crippen molar-refractivity contribution in [3.05, 3.63) is 66.2 Å². The zero-order chi connectivity index (χ0) is 23.2. The molecule has 2 heteroatoms. The Hall–Kier alpha value is -2.22. The standard InChI is InChI=1S/C30H42O2/c1-6-10-15-25(8-3)22-31-28-19-20-30(32-23-26(9-4)16-11-7-2)29(21-28)24(5)27-17-13-12-14-18-27/h5,13-14,17-21,25-26H,6-11,15-16,22-23H2,1-4H3. The fraction of sp³-hybridized carbons (Fsp3) is 0.533. The van der Waals surface area contributed by atoms with E-state index >= 15 is 0 Å². The lowest BCUT2D eigenvalue weighted by Gasteiger charge is -2.20. The average molecular weight is 435 g/mol. The van der Waals surface area contributed by atoms with Crippen LogP contribution in [-0.4, -0.2) is 13.2 Å². The lowest BCUT2D eigenvalue weighted by atomic mass is 9.98. The molecule has 2 unspecified atom stereocenters. The maximum Gasteiger partial charge on any atom is 0.127 e. The maximum absolute atomic E-state index is 6.62. The first-order valence-corrected chi connectivity index (χ1v) is 12.6. The second kappa shape index (κ2) is 14.8. The van der Waals surface area contributed by atoms with Crippen molar-refractivity contribution in [2.24, 2.45) is 11.8 Å². The summed E-state index contributed by atoms with van der Waals surface area (Å²) in [5.74, 6) is 2.83. The Kier molecular flexibility index (Phi) is 12.0. The SMILES string of the molecule is [CH]=C(c1cc[c]cc1)c1cc(OCC(CC)CCCC)ccc1OCC(CC)CCCC. The van der Waals surface area contributed by atoms with Gasteiger partial charge >= 0.3 is 0 Å². The predicted molar refractivity (Wildman–Crippen MR) is 136 cm³/mol. The van der Waals surface area contributed by atoms with Crippen molar-refractivity contribution in [2.45, 2.75) is 79.1 Å². The monoisotopic (exact) mass is 434 g/mol. The van der Waals surface area contributed by atoms with E-state index in [1.54, 1.807) is 0 Å². The van der Waals surface area contributed by atoms with Gasteiger partial charge in [0.25, 0.3) is 0 Å². The van der Waals surface area contributed by atoms with E-state index in [1.165, 1.54) is 38.5 Å². The van der Waals surface area contributed by atoms with Crippen LogP contribution in [0.15, 0.2) is 42.5 Å². The second-order valence-corrected chi connectivity index (χ2v) is 8.82. The summed E-state index contributed by atoms with van der Waals surface area (Å²) < 4.78 is 12.5. The van der Waals surface area contributed by atoms with Crippen LogP contribution >= 0.6 is 0 Å². The van der Waals surface area contributed by atoms with Crippen molar-refractivity contribution in [1.29, 1.82) is 0 Å². The summed E-state index contributed by atoms with van der Waals surface area (Å²) in [4.78, 5) is 0. The van der Waals surface area contributed by atoms with Gasteiger partial charge in [0.2, 0.25) is 0 Å². The van der Waals surface area contributed by atoms with Crippen LogP contribution in [0.3, 0.4) is 0 Å². The predicted octanol–water partition coefficient (Wildman–Crippen LogP) is 8.54. The van der Waals surface area contributed by atoms with Crippen LogP contribution in [0.2, 0.25) is 0 Å². The highest BCUT2D eigenvalue weighted by atomic mass is 16.5. The Labute approximate surface area is 197 Å². The van der Waals surface area contributed by atoms with Crippen LogP contribution in [0.1, 0.15) is 90.2 Å². The van der Waals surface area contributed by atoms with Crippen LogP contribution in [0, 0.1) is 24.5 Å². The molecule has 174 valence electrons. The number of unbranched alkanes of at least 4 members (excludes halogenated alkanes) is 2. The summed E-state index contributed by atoms with van der Waals surface area (Å²) in [5.41, 5.74) is 2.58. The maximum atomic E-state index is 6.62. The van der Waals surface area contributed by atoms with Gasteiger partial charge in [-0.15, -0.1) is 0 Å². The van der Waals surface area contributed by atoms with Gasteiger partial charge in [-0.3, -0.25) is 0 Å². The molecule has 2 rings (SSSR count). The van der Waals surface area contributed by atoms with Gasteiger partial charge in [-0.05, 0) is 60.1 Å². The van der Waals surface area contributed by atoms with Gasteiger partial charge in [-0.2, -0.15) is 0 Å². The number of hydrogen-bond donors (Lipinski definition) is 0. The van der Waals surface area contributed by atoms with Gasteiger partial charge in [0.15, 0.2) is 0 Å². The van der Waals surface area contributed by atoms with Crippen molar-refractivity contribution < 1.29 is 9.47 Å². The van der Waals surface area contributed by atoms with E-state index < -0.39 is 0 Å². The molecule has 0 aliphatic rings. The first kappa shape index (κ1) is 26.0. The highest BCUT2D eigenvalue weighted by Gasteiger charge is 2.15. The Morgan fingerprint density at radius 3 is 2.00 bits per heavy atom.